The predicted molar refractivity (Wildman–Crippen MR) is 275 cm³/mol. The number of nitrogens with one attached hydrogen (secondary N) is 7. The van der Waals surface area contributed by atoms with E-state index in [0.29, 0.717) is 11.3 Å². The van der Waals surface area contributed by atoms with Gasteiger partial charge in [0.2, 0.25) is 47.3 Å². The number of guanidine groups is 2. The Hall–Kier alpha value is -8.10. The molecule has 0 radical (unpaired) electrons. The SMILES string of the molecule is COc1ccc(C[C@H](N)C(=O)NCC(=O)NCC(=O)N[C@@H](Cc2ccc([N+](=O)[O-])cc2)C(=O)N[C@@H](CC(C)C)C(=O)N[C@@H](CCCN=C(N)N)C(=O)N[C@@H](CCCN=C(N)N)C(=O)N[C@H](CC(C)C)C(N)=O)cc1. The van der Waals surface area contributed by atoms with E-state index in [-0.39, 0.29) is 93.9 Å². The number of methoxy groups -OCH3 is 1. The number of non-ortho nitro benzene ring substituents is 1. The van der Waals surface area contributed by atoms with Crippen LogP contribution in [0.5, 0.6) is 5.75 Å². The number of rotatable bonds is 33. The number of nitro groups is 1. The summed E-state index contributed by atoms with van der Waals surface area (Å²) in [6.07, 6.45) is 0.435. The first-order valence-electron chi connectivity index (χ1n) is 24.0. The van der Waals surface area contributed by atoms with Crippen LogP contribution in [0.3, 0.4) is 0 Å². The highest BCUT2D eigenvalue weighted by molar-refractivity contribution is 5.97. The van der Waals surface area contributed by atoms with Crippen molar-refractivity contribution < 1.29 is 48.0 Å². The van der Waals surface area contributed by atoms with Crippen molar-refractivity contribution in [3.05, 3.63) is 69.8 Å². The summed E-state index contributed by atoms with van der Waals surface area (Å²) in [6, 6.07) is 4.62. The molecular formula is C47H74N16O11. The van der Waals surface area contributed by atoms with E-state index in [1.54, 1.807) is 38.1 Å². The third kappa shape index (κ3) is 24.3. The lowest BCUT2D eigenvalue weighted by atomic mass is 10.00. The van der Waals surface area contributed by atoms with Crippen LogP contribution in [0, 0.1) is 22.0 Å². The molecule has 408 valence electrons. The molecule has 74 heavy (non-hydrogen) atoms. The zero-order valence-electron chi connectivity index (χ0n) is 42.5. The minimum Gasteiger partial charge on any atom is -0.497 e. The summed E-state index contributed by atoms with van der Waals surface area (Å²) >= 11 is 0. The fourth-order valence-corrected chi connectivity index (χ4v) is 7.15. The molecule has 2 rings (SSSR count). The monoisotopic (exact) mass is 1040 g/mol. The number of carbonyl (C=O) groups is 8. The Bertz CT molecular complexity index is 2270. The second kappa shape index (κ2) is 32.1. The van der Waals surface area contributed by atoms with Crippen molar-refractivity contribution in [3.8, 4) is 5.75 Å². The number of nitrogens with zero attached hydrogens (tertiary/aromatic N) is 3. The van der Waals surface area contributed by atoms with Gasteiger partial charge in [0.1, 0.15) is 36.0 Å². The summed E-state index contributed by atoms with van der Waals surface area (Å²) in [5.74, 6) is -6.36. The van der Waals surface area contributed by atoms with Gasteiger partial charge in [-0.05, 0) is 80.0 Å². The lowest BCUT2D eigenvalue weighted by Crippen LogP contribution is -2.59. The van der Waals surface area contributed by atoms with E-state index in [2.05, 4.69) is 47.2 Å². The number of ether oxygens (including phenoxy) is 1. The van der Waals surface area contributed by atoms with Crippen LogP contribution in [0.15, 0.2) is 58.5 Å². The van der Waals surface area contributed by atoms with Crippen molar-refractivity contribution in [2.24, 2.45) is 56.2 Å². The second-order valence-electron chi connectivity index (χ2n) is 18.2. The van der Waals surface area contributed by atoms with Gasteiger partial charge in [0.25, 0.3) is 5.69 Å². The van der Waals surface area contributed by atoms with Crippen LogP contribution < -0.4 is 76.4 Å². The molecule has 0 heterocycles. The quantitative estimate of drug-likeness (QED) is 0.0112. The molecular weight excluding hydrogens is 965 g/mol. The lowest BCUT2D eigenvalue weighted by Gasteiger charge is -2.28. The molecule has 8 amide bonds. The smallest absolute Gasteiger partial charge is 0.269 e. The Kier molecular flexibility index (Phi) is 26.9. The van der Waals surface area contributed by atoms with Crippen molar-refractivity contribution >= 4 is 64.9 Å². The molecule has 0 aliphatic carbocycles. The van der Waals surface area contributed by atoms with Crippen molar-refractivity contribution in [2.75, 3.05) is 33.3 Å². The largest absolute Gasteiger partial charge is 0.497 e. The first-order valence-corrected chi connectivity index (χ1v) is 24.0. The number of aliphatic imine (C=N–C) groups is 2. The molecule has 19 N–H and O–H groups in total. The number of benzene rings is 2. The van der Waals surface area contributed by atoms with Gasteiger partial charge >= 0.3 is 0 Å². The maximum atomic E-state index is 14.3. The van der Waals surface area contributed by atoms with E-state index in [9.17, 15) is 48.5 Å². The Labute approximate surface area is 429 Å². The van der Waals surface area contributed by atoms with E-state index in [0.717, 1.165) is 5.56 Å². The van der Waals surface area contributed by atoms with Gasteiger partial charge in [-0.15, -0.1) is 0 Å². The zero-order valence-corrected chi connectivity index (χ0v) is 42.5. The molecule has 0 fully saturated rings. The van der Waals surface area contributed by atoms with Crippen LogP contribution in [0.4, 0.5) is 5.69 Å². The van der Waals surface area contributed by atoms with Crippen molar-refractivity contribution in [1.82, 2.24) is 37.2 Å². The average molecular weight is 1040 g/mol. The fraction of sp³-hybridized carbons (Fsp3) is 0.532. The zero-order chi connectivity index (χ0) is 55.5. The number of carbonyl (C=O) groups excluding carboxylic acids is 8. The van der Waals surface area contributed by atoms with Gasteiger partial charge in [0.05, 0.1) is 31.2 Å². The Morgan fingerprint density at radius 1 is 0.568 bits per heavy atom. The third-order valence-corrected chi connectivity index (χ3v) is 10.9. The van der Waals surface area contributed by atoms with Gasteiger partial charge in [-0.3, -0.25) is 58.5 Å². The van der Waals surface area contributed by atoms with Gasteiger partial charge in [0.15, 0.2) is 11.9 Å². The molecule has 0 saturated carbocycles. The molecule has 0 aliphatic heterocycles. The summed E-state index contributed by atoms with van der Waals surface area (Å²) in [7, 11) is 1.52. The molecule has 0 spiro atoms. The third-order valence-electron chi connectivity index (χ3n) is 10.9. The van der Waals surface area contributed by atoms with Crippen LogP contribution in [0.25, 0.3) is 0 Å². The fourth-order valence-electron chi connectivity index (χ4n) is 7.15. The van der Waals surface area contributed by atoms with E-state index in [4.69, 9.17) is 39.1 Å². The minimum atomic E-state index is -1.43. The Morgan fingerprint density at radius 2 is 1.00 bits per heavy atom. The molecule has 0 aliphatic rings. The maximum Gasteiger partial charge on any atom is 0.269 e. The summed E-state index contributed by atoms with van der Waals surface area (Å²) in [5.41, 5.74) is 34.4. The van der Waals surface area contributed by atoms with Crippen LogP contribution in [0.1, 0.15) is 77.3 Å². The van der Waals surface area contributed by atoms with E-state index < -0.39 is 102 Å². The molecule has 6 atom stereocenters. The highest BCUT2D eigenvalue weighted by atomic mass is 16.6. The average Bonchev–Trinajstić information content (AvgIpc) is 3.33. The van der Waals surface area contributed by atoms with Crippen molar-refractivity contribution in [2.45, 2.75) is 115 Å². The number of nitrogens with two attached hydrogens (primary N) is 6. The van der Waals surface area contributed by atoms with Crippen molar-refractivity contribution in [3.63, 3.8) is 0 Å². The van der Waals surface area contributed by atoms with Gasteiger partial charge in [-0.2, -0.15) is 0 Å². The van der Waals surface area contributed by atoms with Crippen LogP contribution >= 0.6 is 0 Å². The Morgan fingerprint density at radius 3 is 1.47 bits per heavy atom. The predicted octanol–water partition coefficient (Wildman–Crippen LogP) is -2.94. The summed E-state index contributed by atoms with van der Waals surface area (Å²) in [4.78, 5) is 126. The molecule has 0 bridgehead atoms. The number of nitro benzene ring substituents is 1. The highest BCUT2D eigenvalue weighted by Gasteiger charge is 2.33. The number of primary amides is 1. The Balaban J connectivity index is 2.35. The number of hydrogen-bond donors (Lipinski definition) is 13. The number of hydrogen-bond acceptors (Lipinski definition) is 14. The second-order valence-corrected chi connectivity index (χ2v) is 18.2. The van der Waals surface area contributed by atoms with Gasteiger partial charge in [0, 0.05) is 31.6 Å². The van der Waals surface area contributed by atoms with Crippen LogP contribution in [-0.4, -0.2) is 134 Å². The lowest BCUT2D eigenvalue weighted by molar-refractivity contribution is -0.384. The standard InChI is InChI=1S/C47H74N16O11/c1-26(2)20-35(40(49)66)61-43(69)34(9-7-19-55-47(52)53)59-42(68)33(8-6-18-54-46(50)51)60-44(70)36(21-27(3)4)62-45(71)37(23-29-10-14-30(15-11-29)63(72)73)58-39(65)25-56-38(64)24-57-41(67)32(48)22-28-12-16-31(74-5)17-13-28/h10-17,26-27,32-37H,6-9,18-25,48H2,1-5H3,(H2,49,66)(H,56,64)(H,57,67)(H,58,65)(H,59,68)(H,60,70)(H,61,69)(H,62,71)(H4,50,51,54)(H4,52,53,55)/t32-,33-,34-,35+,36-,37-/m0/s1. The van der Waals surface area contributed by atoms with E-state index in [1.807, 2.05) is 13.8 Å². The summed E-state index contributed by atoms with van der Waals surface area (Å²) in [5, 5.41) is 29.2. The van der Waals surface area contributed by atoms with Crippen LogP contribution in [-0.2, 0) is 51.2 Å². The molecule has 27 nitrogen and oxygen atoms in total. The highest BCUT2D eigenvalue weighted by Crippen LogP contribution is 2.16. The van der Waals surface area contributed by atoms with Gasteiger partial charge in [-0.25, -0.2) is 0 Å². The first-order chi connectivity index (χ1) is 34.9. The normalized spacial score (nSPS) is 13.3. The summed E-state index contributed by atoms with van der Waals surface area (Å²) in [6.45, 7) is 6.14. The molecule has 0 saturated heterocycles. The van der Waals surface area contributed by atoms with E-state index in [1.165, 1.54) is 31.4 Å². The summed E-state index contributed by atoms with van der Waals surface area (Å²) < 4.78 is 5.13. The van der Waals surface area contributed by atoms with E-state index >= 15 is 0 Å². The molecule has 0 unspecified atom stereocenters. The molecule has 2 aromatic rings. The van der Waals surface area contributed by atoms with Crippen LogP contribution in [0.2, 0.25) is 0 Å². The minimum absolute atomic E-state index is 0.00884. The molecule has 2 aromatic carbocycles. The van der Waals surface area contributed by atoms with Gasteiger partial charge < -0.3 is 76.4 Å². The van der Waals surface area contributed by atoms with Crippen molar-refractivity contribution in [1.29, 1.82) is 0 Å². The molecule has 0 aromatic heterocycles. The number of amides is 8. The first kappa shape index (κ1) is 62.0. The maximum absolute atomic E-state index is 14.3. The topological polar surface area (TPSA) is 454 Å². The van der Waals surface area contributed by atoms with Gasteiger partial charge in [-0.1, -0.05) is 52.0 Å². The molecule has 27 heteroatoms.